The van der Waals surface area contributed by atoms with Gasteiger partial charge in [-0.15, -0.1) is 0 Å². The van der Waals surface area contributed by atoms with Crippen molar-refractivity contribution in [3.63, 3.8) is 0 Å². The lowest BCUT2D eigenvalue weighted by Gasteiger charge is -2.10. The smallest absolute Gasteiger partial charge is 0.269 e. The maximum atomic E-state index is 12.1. The molecule has 0 aliphatic heterocycles. The van der Waals surface area contributed by atoms with E-state index < -0.39 is 0 Å². The van der Waals surface area contributed by atoms with Crippen molar-refractivity contribution >= 4 is 16.9 Å². The molecule has 3 aromatic rings. The third kappa shape index (κ3) is 3.01. The zero-order valence-electron chi connectivity index (χ0n) is 11.8. The first-order valence-electron chi connectivity index (χ1n) is 6.84. The van der Waals surface area contributed by atoms with Gasteiger partial charge in [0.05, 0.1) is 17.2 Å². The molecule has 0 saturated heterocycles. The molecule has 0 bridgehead atoms. The minimum Gasteiger partial charge on any atom is -0.350 e. The number of benzene rings is 1. The second-order valence-electron chi connectivity index (χ2n) is 4.80. The number of hydrogen-bond donors (Lipinski definition) is 1. The van der Waals surface area contributed by atoms with Crippen LogP contribution in [-0.2, 0) is 17.9 Å². The summed E-state index contributed by atoms with van der Waals surface area (Å²) in [7, 11) is 0. The predicted octanol–water partition coefficient (Wildman–Crippen LogP) is 1.11. The summed E-state index contributed by atoms with van der Waals surface area (Å²) in [4.78, 5) is 32.0. The van der Waals surface area contributed by atoms with Crippen LogP contribution in [0.4, 0.5) is 0 Å². The van der Waals surface area contributed by atoms with Gasteiger partial charge in [0.1, 0.15) is 6.54 Å². The average molecular weight is 294 g/mol. The highest BCUT2D eigenvalue weighted by Gasteiger charge is 2.08. The van der Waals surface area contributed by atoms with Crippen LogP contribution in [0.3, 0.4) is 0 Å². The number of nitrogens with zero attached hydrogens (tertiary/aromatic N) is 3. The number of fused-ring (bicyclic) bond motifs is 1. The van der Waals surface area contributed by atoms with Gasteiger partial charge in [-0.1, -0.05) is 12.1 Å². The van der Waals surface area contributed by atoms with Gasteiger partial charge in [0.2, 0.25) is 5.91 Å². The van der Waals surface area contributed by atoms with Crippen LogP contribution in [0.25, 0.3) is 11.0 Å². The molecule has 1 aromatic carbocycles. The molecule has 0 saturated carbocycles. The standard InChI is InChI=1S/C16H14N4O2/c21-15(19-9-12-5-7-17-8-6-12)11-20-14-4-2-1-3-13(14)18-10-16(20)22/h1-8,10H,9,11H2,(H,19,21). The van der Waals surface area contributed by atoms with E-state index in [-0.39, 0.29) is 18.0 Å². The molecular weight excluding hydrogens is 280 g/mol. The van der Waals surface area contributed by atoms with Crippen LogP contribution in [-0.4, -0.2) is 20.4 Å². The fraction of sp³-hybridized carbons (Fsp3) is 0.125. The van der Waals surface area contributed by atoms with Crippen LogP contribution >= 0.6 is 0 Å². The SMILES string of the molecule is O=C(Cn1c(=O)cnc2ccccc21)NCc1ccncc1. The monoisotopic (exact) mass is 294 g/mol. The molecule has 6 heteroatoms. The molecule has 2 heterocycles. The van der Waals surface area contributed by atoms with Crippen molar-refractivity contribution in [3.05, 3.63) is 70.9 Å². The van der Waals surface area contributed by atoms with Crippen molar-refractivity contribution in [3.8, 4) is 0 Å². The normalized spacial score (nSPS) is 10.5. The number of pyridine rings is 1. The molecule has 1 amide bonds. The first kappa shape index (κ1) is 13.9. The van der Waals surface area contributed by atoms with Gasteiger partial charge in [0.25, 0.3) is 5.56 Å². The van der Waals surface area contributed by atoms with Crippen LogP contribution in [0.15, 0.2) is 59.8 Å². The van der Waals surface area contributed by atoms with Gasteiger partial charge in [-0.05, 0) is 29.8 Å². The van der Waals surface area contributed by atoms with E-state index >= 15 is 0 Å². The molecule has 6 nitrogen and oxygen atoms in total. The van der Waals surface area contributed by atoms with Crippen LogP contribution in [0.1, 0.15) is 5.56 Å². The maximum absolute atomic E-state index is 12.1. The van der Waals surface area contributed by atoms with Crippen LogP contribution in [0, 0.1) is 0 Å². The van der Waals surface area contributed by atoms with Crippen molar-refractivity contribution < 1.29 is 4.79 Å². The number of aromatic nitrogens is 3. The lowest BCUT2D eigenvalue weighted by atomic mass is 10.2. The summed E-state index contributed by atoms with van der Waals surface area (Å²) < 4.78 is 1.42. The maximum Gasteiger partial charge on any atom is 0.269 e. The topological polar surface area (TPSA) is 76.9 Å². The minimum atomic E-state index is -0.294. The van der Waals surface area contributed by atoms with Crippen LogP contribution in [0.2, 0.25) is 0 Å². The van der Waals surface area contributed by atoms with Crippen molar-refractivity contribution in [2.24, 2.45) is 0 Å². The molecule has 0 fully saturated rings. The third-order valence-corrected chi connectivity index (χ3v) is 3.29. The number of nitrogens with one attached hydrogen (secondary N) is 1. The molecular formula is C16H14N4O2. The summed E-state index contributed by atoms with van der Waals surface area (Å²) in [6, 6.07) is 10.9. The molecule has 3 rings (SSSR count). The predicted molar refractivity (Wildman–Crippen MR) is 82.1 cm³/mol. The van der Waals surface area contributed by atoms with Gasteiger partial charge < -0.3 is 5.32 Å². The Morgan fingerprint density at radius 2 is 1.91 bits per heavy atom. The summed E-state index contributed by atoms with van der Waals surface area (Å²) in [5.41, 5.74) is 1.99. The van der Waals surface area contributed by atoms with Gasteiger partial charge >= 0.3 is 0 Å². The number of carbonyl (C=O) groups is 1. The van der Waals surface area contributed by atoms with E-state index in [4.69, 9.17) is 0 Å². The lowest BCUT2D eigenvalue weighted by molar-refractivity contribution is -0.121. The largest absolute Gasteiger partial charge is 0.350 e. The van der Waals surface area contributed by atoms with E-state index in [1.165, 1.54) is 10.8 Å². The number of rotatable bonds is 4. The lowest BCUT2D eigenvalue weighted by Crippen LogP contribution is -2.32. The average Bonchev–Trinajstić information content (AvgIpc) is 2.56. The summed E-state index contributed by atoms with van der Waals surface area (Å²) >= 11 is 0. The van der Waals surface area contributed by atoms with Gasteiger partial charge in [-0.25, -0.2) is 4.98 Å². The quantitative estimate of drug-likeness (QED) is 0.782. The second kappa shape index (κ2) is 6.17. The van der Waals surface area contributed by atoms with E-state index in [9.17, 15) is 9.59 Å². The molecule has 0 atom stereocenters. The molecule has 1 N–H and O–H groups in total. The molecule has 2 aromatic heterocycles. The van der Waals surface area contributed by atoms with E-state index in [0.717, 1.165) is 5.56 Å². The highest BCUT2D eigenvalue weighted by Crippen LogP contribution is 2.07. The van der Waals surface area contributed by atoms with Crippen LogP contribution in [0.5, 0.6) is 0 Å². The number of amides is 1. The summed E-state index contributed by atoms with van der Waals surface area (Å²) in [5, 5.41) is 2.79. The number of hydrogen-bond acceptors (Lipinski definition) is 4. The second-order valence-corrected chi connectivity index (χ2v) is 4.80. The molecule has 0 radical (unpaired) electrons. The Labute approximate surface area is 126 Å². The Morgan fingerprint density at radius 3 is 2.73 bits per heavy atom. The Hall–Kier alpha value is -3.02. The minimum absolute atomic E-state index is 0.0348. The molecule has 0 spiro atoms. The Balaban J connectivity index is 1.77. The van der Waals surface area contributed by atoms with Gasteiger partial charge in [0.15, 0.2) is 0 Å². The van der Waals surface area contributed by atoms with Gasteiger partial charge in [0, 0.05) is 18.9 Å². The first-order chi connectivity index (χ1) is 10.7. The highest BCUT2D eigenvalue weighted by molar-refractivity contribution is 5.79. The van der Waals surface area contributed by atoms with Crippen molar-refractivity contribution in [1.29, 1.82) is 0 Å². The Bertz CT molecular complexity index is 859. The summed E-state index contributed by atoms with van der Waals surface area (Å²) in [5.74, 6) is -0.227. The van der Waals surface area contributed by atoms with Crippen molar-refractivity contribution in [1.82, 2.24) is 19.9 Å². The Morgan fingerprint density at radius 1 is 1.14 bits per heavy atom. The Kier molecular flexibility index (Phi) is 3.91. The van der Waals surface area contributed by atoms with Crippen molar-refractivity contribution in [2.75, 3.05) is 0 Å². The molecule has 22 heavy (non-hydrogen) atoms. The molecule has 0 aliphatic rings. The number of carbonyl (C=O) groups excluding carboxylic acids is 1. The third-order valence-electron chi connectivity index (χ3n) is 3.29. The van der Waals surface area contributed by atoms with E-state index in [1.807, 2.05) is 24.3 Å². The van der Waals surface area contributed by atoms with Crippen molar-refractivity contribution in [2.45, 2.75) is 13.1 Å². The summed E-state index contributed by atoms with van der Waals surface area (Å²) in [6.45, 7) is 0.367. The zero-order chi connectivity index (χ0) is 15.4. The van der Waals surface area contributed by atoms with Gasteiger partial charge in [-0.3, -0.25) is 19.1 Å². The fourth-order valence-corrected chi connectivity index (χ4v) is 2.18. The van der Waals surface area contributed by atoms with Gasteiger partial charge in [-0.2, -0.15) is 0 Å². The molecule has 110 valence electrons. The first-order valence-corrected chi connectivity index (χ1v) is 6.84. The fourth-order valence-electron chi connectivity index (χ4n) is 2.18. The highest BCUT2D eigenvalue weighted by atomic mass is 16.2. The summed E-state index contributed by atoms with van der Waals surface area (Å²) in [6.07, 6.45) is 4.57. The molecule has 0 unspecified atom stereocenters. The van der Waals surface area contributed by atoms with E-state index in [1.54, 1.807) is 24.5 Å². The van der Waals surface area contributed by atoms with E-state index in [2.05, 4.69) is 15.3 Å². The van der Waals surface area contributed by atoms with E-state index in [0.29, 0.717) is 17.6 Å². The molecule has 0 aliphatic carbocycles. The zero-order valence-corrected chi connectivity index (χ0v) is 11.8. The number of para-hydroxylation sites is 2. The van der Waals surface area contributed by atoms with Crippen LogP contribution < -0.4 is 10.9 Å².